The second-order valence-electron chi connectivity index (χ2n) is 11.2. The topological polar surface area (TPSA) is 95.0 Å². The Bertz CT molecular complexity index is 1770. The van der Waals surface area contributed by atoms with E-state index < -0.39 is 45.2 Å². The van der Waals surface area contributed by atoms with Gasteiger partial charge in [-0.3, -0.25) is 29.0 Å². The van der Waals surface area contributed by atoms with E-state index >= 15 is 0 Å². The minimum atomic E-state index is -1.91. The van der Waals surface area contributed by atoms with Gasteiger partial charge in [0, 0.05) is 14.9 Å². The second-order valence-corrected chi connectivity index (χ2v) is 14.2. The van der Waals surface area contributed by atoms with Gasteiger partial charge in [-0.15, -0.1) is 23.2 Å². The first-order chi connectivity index (χ1) is 20.0. The fourth-order valence-corrected chi connectivity index (χ4v) is 9.28. The van der Waals surface area contributed by atoms with Crippen LogP contribution in [0.3, 0.4) is 0 Å². The number of anilines is 1. The Morgan fingerprint density at radius 2 is 1.60 bits per heavy atom. The van der Waals surface area contributed by atoms with Gasteiger partial charge in [0.05, 0.1) is 23.0 Å². The van der Waals surface area contributed by atoms with Gasteiger partial charge < -0.3 is 5.11 Å². The number of hydrogen-bond acceptors (Lipinski definition) is 5. The van der Waals surface area contributed by atoms with Crippen molar-refractivity contribution < 1.29 is 24.3 Å². The van der Waals surface area contributed by atoms with Crippen LogP contribution in [0.4, 0.5) is 5.69 Å². The number of nitrogens with zero attached hydrogens (tertiary/aromatic N) is 2. The zero-order valence-electron chi connectivity index (χ0n) is 21.8. The summed E-state index contributed by atoms with van der Waals surface area (Å²) in [5, 5.41) is 11.9. The molecule has 0 radical (unpaired) electrons. The zero-order chi connectivity index (χ0) is 29.7. The number of carbonyl (C=O) groups excluding carboxylic acids is 4. The van der Waals surface area contributed by atoms with Crippen LogP contribution in [0.2, 0.25) is 0 Å². The summed E-state index contributed by atoms with van der Waals surface area (Å²) in [6.07, 6.45) is 2.11. The van der Waals surface area contributed by atoms with Crippen LogP contribution in [0.5, 0.6) is 5.75 Å². The highest BCUT2D eigenvalue weighted by Crippen LogP contribution is 2.66. The molecule has 0 aromatic heterocycles. The van der Waals surface area contributed by atoms with Gasteiger partial charge in [-0.05, 0) is 82.6 Å². The number of aromatic hydroxyl groups is 1. The van der Waals surface area contributed by atoms with E-state index in [2.05, 4.69) is 38.5 Å². The number of phenols is 1. The van der Waals surface area contributed by atoms with Gasteiger partial charge in [0.25, 0.3) is 11.8 Å². The Kier molecular flexibility index (Phi) is 6.59. The number of halogens is 4. The van der Waals surface area contributed by atoms with Crippen molar-refractivity contribution >= 4 is 102 Å². The highest BCUT2D eigenvalue weighted by Gasteiger charge is 2.76. The van der Waals surface area contributed by atoms with E-state index in [1.807, 2.05) is 30.3 Å². The molecule has 3 aromatic rings. The molecule has 4 aliphatic rings. The molecule has 7 nitrogen and oxygen atoms in total. The molecule has 2 saturated heterocycles. The molecule has 42 heavy (non-hydrogen) atoms. The SMILES string of the molecule is O=C1C2CC=C3C(CC4(Cl)C(=O)N(CBr)C(=O)C4(Cl)C3c3ccc(O)c4ccccc34)C2C(=O)N1c1ccc(I)cc1. The predicted molar refractivity (Wildman–Crippen MR) is 171 cm³/mol. The quantitative estimate of drug-likeness (QED) is 0.115. The lowest BCUT2D eigenvalue weighted by atomic mass is 9.56. The molecular formula is C31H22BrCl2IN2O5. The molecule has 1 saturated carbocycles. The number of hydrogen-bond donors (Lipinski definition) is 1. The molecule has 0 spiro atoms. The average Bonchev–Trinajstić information content (AvgIpc) is 3.32. The molecule has 6 unspecified atom stereocenters. The lowest BCUT2D eigenvalue weighted by molar-refractivity contribution is -0.138. The summed E-state index contributed by atoms with van der Waals surface area (Å²) < 4.78 is 0.969. The van der Waals surface area contributed by atoms with Crippen molar-refractivity contribution in [3.63, 3.8) is 0 Å². The molecule has 3 fully saturated rings. The molecule has 1 N–H and O–H groups in total. The first kappa shape index (κ1) is 28.3. The minimum absolute atomic E-state index is 0.0563. The number of benzene rings is 3. The predicted octanol–water partition coefficient (Wildman–Crippen LogP) is 6.07. The molecule has 6 atom stereocenters. The number of amides is 4. The maximum Gasteiger partial charge on any atom is 0.254 e. The van der Waals surface area contributed by atoms with Gasteiger partial charge in [-0.25, -0.2) is 0 Å². The van der Waals surface area contributed by atoms with Gasteiger partial charge in [-0.1, -0.05) is 57.9 Å². The lowest BCUT2D eigenvalue weighted by Crippen LogP contribution is -2.60. The zero-order valence-corrected chi connectivity index (χ0v) is 27.0. The fourth-order valence-electron chi connectivity index (χ4n) is 7.50. The minimum Gasteiger partial charge on any atom is -0.507 e. The smallest absolute Gasteiger partial charge is 0.254 e. The molecule has 2 aliphatic carbocycles. The van der Waals surface area contributed by atoms with Crippen LogP contribution in [0.25, 0.3) is 10.8 Å². The van der Waals surface area contributed by atoms with E-state index in [1.54, 1.807) is 30.3 Å². The third-order valence-corrected chi connectivity index (χ3v) is 12.0. The normalized spacial score (nSPS) is 32.2. The van der Waals surface area contributed by atoms with Crippen molar-refractivity contribution in [3.05, 3.63) is 81.4 Å². The average molecular weight is 780 g/mol. The van der Waals surface area contributed by atoms with Gasteiger partial charge in [0.1, 0.15) is 5.75 Å². The summed E-state index contributed by atoms with van der Waals surface area (Å²) in [5.74, 6) is -4.80. The molecular weight excluding hydrogens is 758 g/mol. The van der Waals surface area contributed by atoms with Gasteiger partial charge in [0.15, 0.2) is 9.75 Å². The molecule has 2 heterocycles. The van der Waals surface area contributed by atoms with E-state index in [0.717, 1.165) is 8.47 Å². The maximum atomic E-state index is 14.1. The van der Waals surface area contributed by atoms with Crippen molar-refractivity contribution in [2.45, 2.75) is 28.5 Å². The number of alkyl halides is 3. The summed E-state index contributed by atoms with van der Waals surface area (Å²) in [6, 6.07) is 17.6. The number of phenolic OH excluding ortho intramolecular Hbond substituents is 1. The standard InChI is InChI=1S/C31H22BrCl2IN2O5/c32-14-36-28(41)30(33)13-22-20(9-10-21-24(22)27(40)37(26(21)39)16-7-5-15(35)6-8-16)25(31(30,34)29(36)42)19-11-12-23(38)18-4-2-1-3-17(18)19/h1-9,11-12,21-22,24-25,38H,10,13-14H2. The van der Waals surface area contributed by atoms with Gasteiger partial charge in [0.2, 0.25) is 11.8 Å². The fraction of sp³-hybridized carbons (Fsp3) is 0.290. The Hall–Kier alpha value is -2.47. The summed E-state index contributed by atoms with van der Waals surface area (Å²) >= 11 is 20.1. The highest BCUT2D eigenvalue weighted by molar-refractivity contribution is 14.1. The van der Waals surface area contributed by atoms with E-state index in [0.29, 0.717) is 27.6 Å². The summed E-state index contributed by atoms with van der Waals surface area (Å²) in [4.78, 5) is 54.2. The third-order valence-electron chi connectivity index (χ3n) is 9.35. The van der Waals surface area contributed by atoms with E-state index in [-0.39, 0.29) is 35.9 Å². The molecule has 4 amide bonds. The summed E-state index contributed by atoms with van der Waals surface area (Å²) in [5.41, 5.74) is 1.72. The maximum absolute atomic E-state index is 14.1. The number of fused-ring (bicyclic) bond motifs is 5. The van der Waals surface area contributed by atoms with Crippen LogP contribution in [0.15, 0.2) is 72.3 Å². The number of imide groups is 2. The Morgan fingerprint density at radius 3 is 2.29 bits per heavy atom. The summed E-state index contributed by atoms with van der Waals surface area (Å²) in [6.45, 7) is 0. The van der Waals surface area contributed by atoms with E-state index in [9.17, 15) is 24.3 Å². The summed E-state index contributed by atoms with van der Waals surface area (Å²) in [7, 11) is 0. The van der Waals surface area contributed by atoms with E-state index in [1.165, 1.54) is 11.0 Å². The van der Waals surface area contributed by atoms with Crippen LogP contribution in [0.1, 0.15) is 24.3 Å². The van der Waals surface area contributed by atoms with Crippen molar-refractivity contribution in [1.29, 1.82) is 0 Å². The van der Waals surface area contributed by atoms with Crippen LogP contribution in [-0.4, -0.2) is 48.8 Å². The number of allylic oxidation sites excluding steroid dienone is 2. The molecule has 214 valence electrons. The number of carbonyl (C=O) groups is 4. The van der Waals surface area contributed by atoms with Crippen LogP contribution >= 0.6 is 61.7 Å². The first-order valence-electron chi connectivity index (χ1n) is 13.4. The van der Waals surface area contributed by atoms with Crippen LogP contribution < -0.4 is 4.90 Å². The first-order valence-corrected chi connectivity index (χ1v) is 16.3. The van der Waals surface area contributed by atoms with Crippen LogP contribution in [-0.2, 0) is 19.2 Å². The molecule has 3 aromatic carbocycles. The third kappa shape index (κ3) is 3.56. The number of rotatable bonds is 3. The molecule has 2 aliphatic heterocycles. The van der Waals surface area contributed by atoms with Crippen LogP contribution in [0, 0.1) is 21.3 Å². The molecule has 11 heteroatoms. The van der Waals surface area contributed by atoms with Crippen molar-refractivity contribution in [1.82, 2.24) is 4.90 Å². The Labute approximate surface area is 273 Å². The monoisotopic (exact) mass is 778 g/mol. The van der Waals surface area contributed by atoms with Gasteiger partial charge in [-0.2, -0.15) is 0 Å². The number of likely N-dealkylation sites (tertiary alicyclic amines) is 1. The highest BCUT2D eigenvalue weighted by atomic mass is 127. The lowest BCUT2D eigenvalue weighted by Gasteiger charge is -2.51. The van der Waals surface area contributed by atoms with Crippen molar-refractivity contribution in [2.24, 2.45) is 17.8 Å². The molecule has 7 rings (SSSR count). The van der Waals surface area contributed by atoms with Crippen molar-refractivity contribution in [3.8, 4) is 5.75 Å². The molecule has 0 bridgehead atoms. The second kappa shape index (κ2) is 9.77. The van der Waals surface area contributed by atoms with Gasteiger partial charge >= 0.3 is 0 Å². The largest absolute Gasteiger partial charge is 0.507 e. The Balaban J connectivity index is 1.44. The Morgan fingerprint density at radius 1 is 0.905 bits per heavy atom. The van der Waals surface area contributed by atoms with E-state index in [4.69, 9.17) is 23.2 Å². The van der Waals surface area contributed by atoms with Crippen molar-refractivity contribution in [2.75, 3.05) is 10.4 Å².